The zero-order valence-electron chi connectivity index (χ0n) is 22.3. The van der Waals surface area contributed by atoms with Crippen LogP contribution in [0.25, 0.3) is 10.9 Å². The Kier molecular flexibility index (Phi) is 5.88. The molecule has 4 aliphatic rings. The zero-order chi connectivity index (χ0) is 25.9. The van der Waals surface area contributed by atoms with Gasteiger partial charge in [-0.3, -0.25) is 14.3 Å². The van der Waals surface area contributed by atoms with Crippen molar-refractivity contribution in [2.75, 3.05) is 6.54 Å². The summed E-state index contributed by atoms with van der Waals surface area (Å²) < 4.78 is 13.5. The summed E-state index contributed by atoms with van der Waals surface area (Å²) in [6.07, 6.45) is 9.42. The smallest absolute Gasteiger partial charge is 0.410 e. The van der Waals surface area contributed by atoms with E-state index in [9.17, 15) is 14.4 Å². The molecule has 0 radical (unpaired) electrons. The first-order valence-electron chi connectivity index (χ1n) is 14.1. The Bertz CT molecular complexity index is 1240. The summed E-state index contributed by atoms with van der Waals surface area (Å²) >= 11 is 0. The van der Waals surface area contributed by atoms with Gasteiger partial charge >= 0.3 is 12.1 Å². The number of benzene rings is 1. The molecule has 1 aromatic heterocycles. The van der Waals surface area contributed by atoms with Gasteiger partial charge in [-0.1, -0.05) is 38.2 Å². The van der Waals surface area contributed by atoms with Gasteiger partial charge in [-0.25, -0.2) is 9.59 Å². The molecule has 0 unspecified atom stereocenters. The molecule has 3 heterocycles. The minimum absolute atomic E-state index is 0.0832. The summed E-state index contributed by atoms with van der Waals surface area (Å²) in [5.41, 5.74) is 1.37. The van der Waals surface area contributed by atoms with E-state index in [2.05, 4.69) is 4.57 Å². The third-order valence-corrected chi connectivity index (χ3v) is 8.94. The van der Waals surface area contributed by atoms with Crippen LogP contribution in [0.15, 0.2) is 24.3 Å². The molecule has 1 amide bonds. The number of amides is 1. The predicted octanol–water partition coefficient (Wildman–Crippen LogP) is 5.97. The predicted molar refractivity (Wildman–Crippen MR) is 139 cm³/mol. The molecular weight excluding hydrogens is 468 g/mol. The molecule has 7 heteroatoms. The lowest BCUT2D eigenvalue weighted by Crippen LogP contribution is -2.47. The number of hydrogen-bond acceptors (Lipinski definition) is 5. The number of esters is 1. The van der Waals surface area contributed by atoms with Crippen molar-refractivity contribution in [3.63, 3.8) is 0 Å². The van der Waals surface area contributed by atoms with E-state index >= 15 is 0 Å². The maximum atomic E-state index is 13.9. The Hall–Kier alpha value is -2.83. The van der Waals surface area contributed by atoms with E-state index in [4.69, 9.17) is 9.47 Å². The van der Waals surface area contributed by atoms with Crippen molar-refractivity contribution in [1.29, 1.82) is 0 Å². The van der Waals surface area contributed by atoms with E-state index in [1.165, 1.54) is 19.3 Å². The number of nitrogens with zero attached hydrogens (tertiary/aromatic N) is 2. The van der Waals surface area contributed by atoms with Gasteiger partial charge in [0.1, 0.15) is 11.3 Å². The SMILES string of the molecule is CC(C)(C)OC(=O)N1CC[C@@H](C2CCCCC2)[C@H]1C(=O)Cc1ccc2c(c1)cc1n2C2(CCC2)OC1=O. The van der Waals surface area contributed by atoms with Crippen LogP contribution in [0.4, 0.5) is 4.79 Å². The highest BCUT2D eigenvalue weighted by molar-refractivity contribution is 5.98. The van der Waals surface area contributed by atoms with Crippen molar-refractivity contribution >= 4 is 28.7 Å². The second kappa shape index (κ2) is 8.88. The molecule has 7 nitrogen and oxygen atoms in total. The number of aromatic nitrogens is 1. The van der Waals surface area contributed by atoms with Crippen LogP contribution in [-0.2, 0) is 26.4 Å². The fraction of sp³-hybridized carbons (Fsp3) is 0.633. The third kappa shape index (κ3) is 4.24. The number of likely N-dealkylation sites (tertiary alicyclic amines) is 1. The minimum atomic E-state index is -0.604. The molecule has 1 aromatic carbocycles. The molecular formula is C30H38N2O5. The van der Waals surface area contributed by atoms with E-state index in [1.807, 2.05) is 45.0 Å². The normalized spacial score (nSPS) is 25.3. The van der Waals surface area contributed by atoms with E-state index in [0.29, 0.717) is 18.2 Å². The maximum absolute atomic E-state index is 13.9. The number of ether oxygens (including phenoxy) is 2. The fourth-order valence-corrected chi connectivity index (χ4v) is 7.16. The van der Waals surface area contributed by atoms with Crippen LogP contribution in [0.3, 0.4) is 0 Å². The molecule has 0 N–H and O–H groups in total. The molecule has 3 fully saturated rings. The summed E-state index contributed by atoms with van der Waals surface area (Å²) in [5, 5.41) is 0.961. The molecule has 0 bridgehead atoms. The molecule has 1 spiro atoms. The van der Waals surface area contributed by atoms with Crippen LogP contribution in [0.2, 0.25) is 0 Å². The average Bonchev–Trinajstić information content (AvgIpc) is 3.50. The Balaban J connectivity index is 1.27. The zero-order valence-corrected chi connectivity index (χ0v) is 22.3. The van der Waals surface area contributed by atoms with Gasteiger partial charge in [0.25, 0.3) is 0 Å². The Labute approximate surface area is 218 Å². The van der Waals surface area contributed by atoms with Gasteiger partial charge in [0.05, 0.1) is 11.6 Å². The van der Waals surface area contributed by atoms with Gasteiger partial charge in [0, 0.05) is 31.2 Å². The molecule has 2 aliphatic heterocycles. The minimum Gasteiger partial charge on any atom is -0.444 e. The average molecular weight is 507 g/mol. The summed E-state index contributed by atoms with van der Waals surface area (Å²) in [6.45, 7) is 6.17. The lowest BCUT2D eigenvalue weighted by molar-refractivity contribution is -0.124. The highest BCUT2D eigenvalue weighted by atomic mass is 16.6. The highest BCUT2D eigenvalue weighted by Gasteiger charge is 2.51. The van der Waals surface area contributed by atoms with Crippen molar-refractivity contribution in [3.8, 4) is 0 Å². The van der Waals surface area contributed by atoms with E-state index in [1.54, 1.807) is 4.90 Å². The van der Waals surface area contributed by atoms with Crippen LogP contribution in [0.1, 0.15) is 94.6 Å². The van der Waals surface area contributed by atoms with Gasteiger partial charge in [0.2, 0.25) is 0 Å². The Morgan fingerprint density at radius 2 is 1.81 bits per heavy atom. The number of ketones is 1. The second-order valence-corrected chi connectivity index (χ2v) is 12.6. The Morgan fingerprint density at radius 1 is 1.05 bits per heavy atom. The topological polar surface area (TPSA) is 77.8 Å². The van der Waals surface area contributed by atoms with E-state index < -0.39 is 17.4 Å². The largest absolute Gasteiger partial charge is 0.444 e. The summed E-state index contributed by atoms with van der Waals surface area (Å²) in [4.78, 5) is 41.3. The van der Waals surface area contributed by atoms with E-state index in [0.717, 1.165) is 55.0 Å². The Morgan fingerprint density at radius 3 is 2.49 bits per heavy atom. The molecule has 37 heavy (non-hydrogen) atoms. The third-order valence-electron chi connectivity index (χ3n) is 8.94. The van der Waals surface area contributed by atoms with Crippen LogP contribution < -0.4 is 0 Å². The summed E-state index contributed by atoms with van der Waals surface area (Å²) in [7, 11) is 0. The van der Waals surface area contributed by atoms with Gasteiger partial charge in [-0.2, -0.15) is 0 Å². The lowest BCUT2D eigenvalue weighted by atomic mass is 9.75. The molecule has 198 valence electrons. The number of hydrogen-bond donors (Lipinski definition) is 0. The maximum Gasteiger partial charge on any atom is 0.410 e. The van der Waals surface area contributed by atoms with Crippen LogP contribution in [0.5, 0.6) is 0 Å². The monoisotopic (exact) mass is 506 g/mol. The molecule has 2 atom stereocenters. The van der Waals surface area contributed by atoms with Gasteiger partial charge in [0.15, 0.2) is 11.5 Å². The van der Waals surface area contributed by atoms with Crippen molar-refractivity contribution in [3.05, 3.63) is 35.5 Å². The van der Waals surface area contributed by atoms with Crippen molar-refractivity contribution in [1.82, 2.24) is 9.47 Å². The number of Topliss-reactive ketones (excluding diaryl/α,β-unsaturated/α-hetero) is 1. The van der Waals surface area contributed by atoms with Crippen LogP contribution >= 0.6 is 0 Å². The fourth-order valence-electron chi connectivity index (χ4n) is 7.16. The van der Waals surface area contributed by atoms with Crippen molar-refractivity contribution in [2.45, 2.75) is 102 Å². The van der Waals surface area contributed by atoms with Gasteiger partial charge in [-0.05, 0) is 69.2 Å². The standard InChI is InChI=1S/C30H38N2O5/c1-29(2,3)37-28(35)31-15-12-22(20-8-5-4-6-9-20)26(31)25(33)17-19-10-11-23-21(16-19)18-24-27(34)36-30(32(23)24)13-7-14-30/h10-11,16,18,20,22,26H,4-9,12-15,17H2,1-3H3/t22-,26-/m0/s1. The molecule has 2 aliphatic carbocycles. The number of carbonyl (C=O) groups excluding carboxylic acids is 3. The molecule has 2 aromatic rings. The summed E-state index contributed by atoms with van der Waals surface area (Å²) in [5.74, 6) is 0.495. The lowest BCUT2D eigenvalue weighted by Gasteiger charge is -2.38. The molecule has 2 saturated carbocycles. The quantitative estimate of drug-likeness (QED) is 0.478. The van der Waals surface area contributed by atoms with Crippen LogP contribution in [-0.4, -0.2) is 45.5 Å². The first-order chi connectivity index (χ1) is 17.7. The number of rotatable bonds is 4. The second-order valence-electron chi connectivity index (χ2n) is 12.6. The molecule has 6 rings (SSSR count). The highest BCUT2D eigenvalue weighted by Crippen LogP contribution is 2.48. The van der Waals surface area contributed by atoms with Crippen molar-refractivity contribution < 1.29 is 23.9 Å². The van der Waals surface area contributed by atoms with Crippen LogP contribution in [0, 0.1) is 11.8 Å². The van der Waals surface area contributed by atoms with Gasteiger partial charge < -0.3 is 9.47 Å². The number of fused-ring (bicyclic) bond motifs is 4. The number of carbonyl (C=O) groups is 3. The van der Waals surface area contributed by atoms with E-state index in [-0.39, 0.29) is 30.2 Å². The summed E-state index contributed by atoms with van der Waals surface area (Å²) in [6, 6.07) is 7.49. The first kappa shape index (κ1) is 24.5. The first-order valence-corrected chi connectivity index (χ1v) is 14.1. The van der Waals surface area contributed by atoms with Crippen molar-refractivity contribution in [2.24, 2.45) is 11.8 Å². The van der Waals surface area contributed by atoms with Gasteiger partial charge in [-0.15, -0.1) is 0 Å². The molecule has 1 saturated heterocycles.